The van der Waals surface area contributed by atoms with Gasteiger partial charge in [-0.05, 0) is 18.2 Å². The van der Waals surface area contributed by atoms with E-state index >= 15 is 0 Å². The maximum Gasteiger partial charge on any atom is 0.338 e. The van der Waals surface area contributed by atoms with Crippen molar-refractivity contribution >= 4 is 29.2 Å². The van der Waals surface area contributed by atoms with Crippen LogP contribution in [0.3, 0.4) is 0 Å². The maximum atomic E-state index is 12.3. The van der Waals surface area contributed by atoms with Gasteiger partial charge in [-0.3, -0.25) is 23.5 Å². The van der Waals surface area contributed by atoms with Gasteiger partial charge in [-0.25, -0.2) is 9.59 Å². The molecule has 142 valence electrons. The molecule has 1 amide bonds. The van der Waals surface area contributed by atoms with Gasteiger partial charge >= 0.3 is 11.7 Å². The average Bonchev–Trinajstić information content (AvgIpc) is 2.62. The van der Waals surface area contributed by atoms with Gasteiger partial charge in [0.1, 0.15) is 11.4 Å². The molecule has 0 fully saturated rings. The van der Waals surface area contributed by atoms with Gasteiger partial charge in [0.15, 0.2) is 6.61 Å². The smallest absolute Gasteiger partial charge is 0.338 e. The third kappa shape index (κ3) is 4.11. The monoisotopic (exact) mass is 374 g/mol. The highest BCUT2D eigenvalue weighted by molar-refractivity contribution is 6.02. The van der Waals surface area contributed by atoms with E-state index in [2.05, 4.69) is 5.32 Å². The number of nitrogens with two attached hydrogens (primary N) is 1. The predicted molar refractivity (Wildman–Crippen MR) is 96.7 cm³/mol. The minimum Gasteiger partial charge on any atom is -0.454 e. The van der Waals surface area contributed by atoms with E-state index in [1.165, 1.54) is 39.2 Å². The van der Waals surface area contributed by atoms with Crippen LogP contribution in [0.25, 0.3) is 0 Å². The van der Waals surface area contributed by atoms with Gasteiger partial charge in [-0.2, -0.15) is 0 Å². The molecule has 2 aromatic rings. The van der Waals surface area contributed by atoms with Crippen LogP contribution in [0.15, 0.2) is 33.9 Å². The Hall–Kier alpha value is -3.69. The van der Waals surface area contributed by atoms with E-state index in [0.717, 1.165) is 9.13 Å². The van der Waals surface area contributed by atoms with Crippen molar-refractivity contribution in [3.63, 3.8) is 0 Å². The molecule has 0 atom stereocenters. The Morgan fingerprint density at radius 1 is 1.15 bits per heavy atom. The molecule has 0 saturated heterocycles. The van der Waals surface area contributed by atoms with Crippen molar-refractivity contribution in [1.82, 2.24) is 9.13 Å². The number of anilines is 2. The van der Waals surface area contributed by atoms with E-state index in [9.17, 15) is 24.0 Å². The Labute approximate surface area is 153 Å². The van der Waals surface area contributed by atoms with Crippen molar-refractivity contribution in [3.8, 4) is 0 Å². The first kappa shape index (κ1) is 19.6. The largest absolute Gasteiger partial charge is 0.454 e. The van der Waals surface area contributed by atoms with Gasteiger partial charge in [0.05, 0.1) is 5.56 Å². The summed E-state index contributed by atoms with van der Waals surface area (Å²) in [6.45, 7) is 0.586. The summed E-state index contributed by atoms with van der Waals surface area (Å²) >= 11 is 0. The molecule has 0 saturated carbocycles. The van der Waals surface area contributed by atoms with E-state index < -0.39 is 35.2 Å². The van der Waals surface area contributed by atoms with E-state index in [1.807, 2.05) is 0 Å². The molecule has 27 heavy (non-hydrogen) atoms. The molecule has 2 rings (SSSR count). The Morgan fingerprint density at radius 2 is 1.81 bits per heavy atom. The second kappa shape index (κ2) is 7.68. The molecule has 1 aromatic carbocycles. The van der Waals surface area contributed by atoms with Gasteiger partial charge in [0, 0.05) is 26.7 Å². The highest BCUT2D eigenvalue weighted by Crippen LogP contribution is 2.12. The van der Waals surface area contributed by atoms with E-state index in [-0.39, 0.29) is 17.3 Å². The van der Waals surface area contributed by atoms with Gasteiger partial charge < -0.3 is 15.8 Å². The summed E-state index contributed by atoms with van der Waals surface area (Å²) in [6.07, 6.45) is 0. The van der Waals surface area contributed by atoms with Crippen LogP contribution in [0, 0.1) is 0 Å². The number of nitrogen functional groups attached to an aromatic ring is 1. The first-order chi connectivity index (χ1) is 12.6. The molecular formula is C17H18N4O6. The molecule has 10 heteroatoms. The van der Waals surface area contributed by atoms with Crippen LogP contribution < -0.4 is 22.3 Å². The van der Waals surface area contributed by atoms with Crippen molar-refractivity contribution in [2.75, 3.05) is 17.7 Å². The summed E-state index contributed by atoms with van der Waals surface area (Å²) in [5, 5.41) is 2.52. The number of aromatic nitrogens is 2. The maximum absolute atomic E-state index is 12.3. The molecule has 0 aliphatic carbocycles. The Kier molecular flexibility index (Phi) is 5.59. The molecule has 0 unspecified atom stereocenters. The SMILES string of the molecule is CC(=O)Nc1cccc(C(=O)OCC(=O)c2c(N)n(C)c(=O)n(C)c2=O)c1. The van der Waals surface area contributed by atoms with Crippen LogP contribution in [0.5, 0.6) is 0 Å². The van der Waals surface area contributed by atoms with E-state index in [4.69, 9.17) is 10.5 Å². The number of carbonyl (C=O) groups is 3. The Bertz CT molecular complexity index is 1050. The standard InChI is InChI=1S/C17H18N4O6/c1-9(22)19-11-6-4-5-10(7-11)16(25)27-8-12(23)13-14(18)20(2)17(26)21(3)15(13)24/h4-7H,8,18H2,1-3H3,(H,19,22). The summed E-state index contributed by atoms with van der Waals surface area (Å²) < 4.78 is 6.62. The van der Waals surface area contributed by atoms with Gasteiger partial charge in [-0.15, -0.1) is 0 Å². The number of ether oxygens (including phenoxy) is 1. The molecule has 0 bridgehead atoms. The number of esters is 1. The Balaban J connectivity index is 2.19. The lowest BCUT2D eigenvalue weighted by Crippen LogP contribution is -2.42. The normalized spacial score (nSPS) is 10.3. The minimum atomic E-state index is -0.871. The minimum absolute atomic E-state index is 0.107. The third-order valence-electron chi connectivity index (χ3n) is 3.74. The summed E-state index contributed by atoms with van der Waals surface area (Å²) in [5.74, 6) is -2.28. The summed E-state index contributed by atoms with van der Waals surface area (Å²) in [6, 6.07) is 5.94. The lowest BCUT2D eigenvalue weighted by molar-refractivity contribution is -0.114. The molecular weight excluding hydrogens is 356 g/mol. The molecule has 10 nitrogen and oxygen atoms in total. The lowest BCUT2D eigenvalue weighted by Gasteiger charge is -2.11. The zero-order valence-corrected chi connectivity index (χ0v) is 14.9. The van der Waals surface area contributed by atoms with Crippen LogP contribution in [0.4, 0.5) is 11.5 Å². The summed E-state index contributed by atoms with van der Waals surface area (Å²) in [5.41, 5.74) is 4.20. The van der Waals surface area contributed by atoms with Crippen LogP contribution >= 0.6 is 0 Å². The number of carbonyl (C=O) groups excluding carboxylic acids is 3. The summed E-state index contributed by atoms with van der Waals surface area (Å²) in [7, 11) is 2.52. The second-order valence-electron chi connectivity index (χ2n) is 5.73. The zero-order chi connectivity index (χ0) is 20.3. The molecule has 0 spiro atoms. The number of Topliss-reactive ketones (excluding diaryl/α,β-unsaturated/α-hetero) is 1. The molecule has 3 N–H and O–H groups in total. The number of benzene rings is 1. The third-order valence-corrected chi connectivity index (χ3v) is 3.74. The number of nitrogens with zero attached hydrogens (tertiary/aromatic N) is 2. The second-order valence-corrected chi connectivity index (χ2v) is 5.73. The molecule has 1 aromatic heterocycles. The topological polar surface area (TPSA) is 142 Å². The fraction of sp³-hybridized carbons (Fsp3) is 0.235. The number of hydrogen-bond donors (Lipinski definition) is 2. The predicted octanol–water partition coefficient (Wildman–Crippen LogP) is -0.336. The zero-order valence-electron chi connectivity index (χ0n) is 14.9. The Morgan fingerprint density at radius 3 is 2.44 bits per heavy atom. The van der Waals surface area contributed by atoms with Crippen LogP contribution in [0.1, 0.15) is 27.6 Å². The quantitative estimate of drug-likeness (QED) is 0.538. The number of nitrogens with one attached hydrogen (secondary N) is 1. The first-order valence-corrected chi connectivity index (χ1v) is 7.77. The molecule has 0 aliphatic rings. The average molecular weight is 374 g/mol. The molecule has 1 heterocycles. The van der Waals surface area contributed by atoms with E-state index in [0.29, 0.717) is 5.69 Å². The number of rotatable bonds is 5. The molecule has 0 radical (unpaired) electrons. The van der Waals surface area contributed by atoms with Gasteiger partial charge in [0.2, 0.25) is 11.7 Å². The van der Waals surface area contributed by atoms with Gasteiger partial charge in [-0.1, -0.05) is 6.07 Å². The van der Waals surface area contributed by atoms with Crippen molar-refractivity contribution < 1.29 is 19.1 Å². The number of amides is 1. The highest BCUT2D eigenvalue weighted by Gasteiger charge is 2.21. The van der Waals surface area contributed by atoms with Crippen molar-refractivity contribution in [2.24, 2.45) is 14.1 Å². The van der Waals surface area contributed by atoms with Crippen LogP contribution in [-0.4, -0.2) is 33.4 Å². The lowest BCUT2D eigenvalue weighted by atomic mass is 10.2. The van der Waals surface area contributed by atoms with Crippen molar-refractivity contribution in [3.05, 3.63) is 56.2 Å². The summed E-state index contributed by atoms with van der Waals surface area (Å²) in [4.78, 5) is 59.4. The van der Waals surface area contributed by atoms with Crippen molar-refractivity contribution in [1.29, 1.82) is 0 Å². The fourth-order valence-electron chi connectivity index (χ4n) is 2.34. The fourth-order valence-corrected chi connectivity index (χ4v) is 2.34. The van der Waals surface area contributed by atoms with Crippen molar-refractivity contribution in [2.45, 2.75) is 6.92 Å². The molecule has 0 aliphatic heterocycles. The number of ketones is 1. The van der Waals surface area contributed by atoms with Crippen LogP contribution in [-0.2, 0) is 23.6 Å². The van der Waals surface area contributed by atoms with Crippen LogP contribution in [0.2, 0.25) is 0 Å². The van der Waals surface area contributed by atoms with E-state index in [1.54, 1.807) is 6.07 Å². The first-order valence-electron chi connectivity index (χ1n) is 7.77. The number of hydrogen-bond acceptors (Lipinski definition) is 7. The van der Waals surface area contributed by atoms with Gasteiger partial charge in [0.25, 0.3) is 5.56 Å². The highest BCUT2D eigenvalue weighted by atomic mass is 16.5.